The number of aromatic nitrogens is 3. The van der Waals surface area contributed by atoms with E-state index in [2.05, 4.69) is 51.9 Å². The topological polar surface area (TPSA) is 101 Å². The number of fused-ring (bicyclic) bond motifs is 1. The van der Waals surface area contributed by atoms with Crippen LogP contribution in [0.25, 0.3) is 11.1 Å². The molecule has 7 nitrogen and oxygen atoms in total. The first-order chi connectivity index (χ1) is 17.7. The monoisotopic (exact) mass is 482 g/mol. The van der Waals surface area contributed by atoms with Crippen LogP contribution in [0.1, 0.15) is 60.1 Å². The van der Waals surface area contributed by atoms with Crippen LogP contribution in [0.15, 0.2) is 71.3 Å². The standard InChI is InChI=1S/C29H30N4O3/c34-27(35)18-17-25(22-13-11-21(12-14-22)20-6-2-1-3-7-20)29-32-26(33-36-29)10-4-9-24-16-15-23-8-5-19-30-28(23)31-24/h1-3,6-7,11-16,25H,4-5,8-10,17-19H2,(H,30,31)(H,34,35). The number of hydrogen-bond acceptors (Lipinski definition) is 6. The Morgan fingerprint density at radius 1 is 0.972 bits per heavy atom. The predicted octanol–water partition coefficient (Wildman–Crippen LogP) is 5.66. The summed E-state index contributed by atoms with van der Waals surface area (Å²) < 4.78 is 5.63. The van der Waals surface area contributed by atoms with Crippen molar-refractivity contribution < 1.29 is 14.4 Å². The number of nitrogens with one attached hydrogen (secondary N) is 1. The summed E-state index contributed by atoms with van der Waals surface area (Å²) in [7, 11) is 0. The summed E-state index contributed by atoms with van der Waals surface area (Å²) in [5.74, 6) is 1.02. The molecule has 3 heterocycles. The first-order valence-electron chi connectivity index (χ1n) is 12.6. The Hall–Kier alpha value is -4.00. The molecule has 0 spiro atoms. The molecular weight excluding hydrogens is 452 g/mol. The molecular formula is C29H30N4O3. The van der Waals surface area contributed by atoms with E-state index in [-0.39, 0.29) is 12.3 Å². The van der Waals surface area contributed by atoms with Gasteiger partial charge in [0.2, 0.25) is 5.89 Å². The molecule has 0 bridgehead atoms. The molecule has 4 aromatic rings. The Balaban J connectivity index is 1.25. The smallest absolute Gasteiger partial charge is 0.303 e. The fourth-order valence-corrected chi connectivity index (χ4v) is 4.69. The van der Waals surface area contributed by atoms with Gasteiger partial charge in [0.1, 0.15) is 5.82 Å². The van der Waals surface area contributed by atoms with E-state index < -0.39 is 5.97 Å². The van der Waals surface area contributed by atoms with Gasteiger partial charge in [-0.3, -0.25) is 4.79 Å². The fraction of sp³-hybridized carbons (Fsp3) is 0.310. The maximum absolute atomic E-state index is 11.3. The number of aliphatic carboxylic acids is 1. The van der Waals surface area contributed by atoms with Gasteiger partial charge in [-0.15, -0.1) is 0 Å². The van der Waals surface area contributed by atoms with E-state index in [1.807, 2.05) is 30.3 Å². The van der Waals surface area contributed by atoms with Crippen molar-refractivity contribution in [2.75, 3.05) is 11.9 Å². The molecule has 2 aromatic carbocycles. The number of carboxylic acid groups (broad SMARTS) is 1. The van der Waals surface area contributed by atoms with E-state index in [9.17, 15) is 9.90 Å². The van der Waals surface area contributed by atoms with Gasteiger partial charge in [0.15, 0.2) is 5.82 Å². The minimum absolute atomic E-state index is 0.0286. The number of nitrogens with zero attached hydrogens (tertiary/aromatic N) is 3. The second-order valence-corrected chi connectivity index (χ2v) is 9.22. The average molecular weight is 483 g/mol. The van der Waals surface area contributed by atoms with Crippen molar-refractivity contribution in [2.45, 2.75) is 50.9 Å². The van der Waals surface area contributed by atoms with Gasteiger partial charge in [-0.25, -0.2) is 4.98 Å². The van der Waals surface area contributed by atoms with Gasteiger partial charge in [-0.1, -0.05) is 65.8 Å². The summed E-state index contributed by atoms with van der Waals surface area (Å²) in [6.45, 7) is 0.979. The van der Waals surface area contributed by atoms with E-state index in [0.29, 0.717) is 24.6 Å². The number of benzene rings is 2. The fourth-order valence-electron chi connectivity index (χ4n) is 4.69. The van der Waals surface area contributed by atoms with Crippen LogP contribution >= 0.6 is 0 Å². The molecule has 1 unspecified atom stereocenters. The number of carbonyl (C=O) groups is 1. The van der Waals surface area contributed by atoms with Crippen LogP contribution < -0.4 is 5.32 Å². The number of aryl methyl sites for hydroxylation is 3. The van der Waals surface area contributed by atoms with Crippen molar-refractivity contribution in [3.8, 4) is 11.1 Å². The van der Waals surface area contributed by atoms with E-state index in [0.717, 1.165) is 60.4 Å². The highest BCUT2D eigenvalue weighted by molar-refractivity contribution is 5.67. The first-order valence-corrected chi connectivity index (χ1v) is 12.6. The van der Waals surface area contributed by atoms with Gasteiger partial charge in [0.25, 0.3) is 0 Å². The third kappa shape index (κ3) is 5.79. The molecule has 1 aliphatic rings. The minimum atomic E-state index is -0.840. The van der Waals surface area contributed by atoms with E-state index in [4.69, 9.17) is 9.51 Å². The van der Waals surface area contributed by atoms with E-state index in [1.165, 1.54) is 5.56 Å². The Morgan fingerprint density at radius 2 is 1.78 bits per heavy atom. The zero-order valence-corrected chi connectivity index (χ0v) is 20.2. The Kier molecular flexibility index (Phi) is 7.36. The highest BCUT2D eigenvalue weighted by atomic mass is 16.5. The van der Waals surface area contributed by atoms with Crippen molar-refractivity contribution >= 4 is 11.8 Å². The molecule has 0 radical (unpaired) electrons. The van der Waals surface area contributed by atoms with Crippen LogP contribution in [0.5, 0.6) is 0 Å². The molecule has 0 amide bonds. The van der Waals surface area contributed by atoms with Crippen LogP contribution in [-0.2, 0) is 24.1 Å². The Labute approximate surface area is 210 Å². The summed E-state index contributed by atoms with van der Waals surface area (Å²) in [5.41, 5.74) is 5.56. The molecule has 7 heteroatoms. The summed E-state index contributed by atoms with van der Waals surface area (Å²) in [6.07, 6.45) is 5.03. The van der Waals surface area contributed by atoms with Crippen LogP contribution in [0.2, 0.25) is 0 Å². The Bertz CT molecular complexity index is 1300. The largest absolute Gasteiger partial charge is 0.481 e. The summed E-state index contributed by atoms with van der Waals surface area (Å²) >= 11 is 0. The predicted molar refractivity (Wildman–Crippen MR) is 138 cm³/mol. The van der Waals surface area contributed by atoms with Crippen molar-refractivity contribution in [3.05, 3.63) is 95.3 Å². The van der Waals surface area contributed by atoms with E-state index in [1.54, 1.807) is 0 Å². The molecule has 2 N–H and O–H groups in total. The second-order valence-electron chi connectivity index (χ2n) is 9.22. The van der Waals surface area contributed by atoms with Crippen molar-refractivity contribution in [3.63, 3.8) is 0 Å². The molecule has 0 aliphatic carbocycles. The summed E-state index contributed by atoms with van der Waals surface area (Å²) in [5, 5.41) is 16.8. The van der Waals surface area contributed by atoms with Crippen molar-refractivity contribution in [1.82, 2.24) is 15.1 Å². The molecule has 5 rings (SSSR count). The highest BCUT2D eigenvalue weighted by Gasteiger charge is 2.22. The third-order valence-corrected chi connectivity index (χ3v) is 6.63. The van der Waals surface area contributed by atoms with E-state index >= 15 is 0 Å². The first kappa shape index (κ1) is 23.7. The van der Waals surface area contributed by atoms with Crippen molar-refractivity contribution in [1.29, 1.82) is 0 Å². The molecule has 1 atom stereocenters. The van der Waals surface area contributed by atoms with Gasteiger partial charge in [-0.2, -0.15) is 4.98 Å². The maximum atomic E-state index is 11.3. The molecule has 36 heavy (non-hydrogen) atoms. The number of rotatable bonds is 10. The lowest BCUT2D eigenvalue weighted by atomic mass is 9.92. The number of hydrogen-bond donors (Lipinski definition) is 2. The number of anilines is 1. The molecule has 0 fully saturated rings. The van der Waals surface area contributed by atoms with Gasteiger partial charge in [-0.05, 0) is 60.4 Å². The number of pyridine rings is 1. The Morgan fingerprint density at radius 3 is 2.58 bits per heavy atom. The quantitative estimate of drug-likeness (QED) is 0.301. The zero-order valence-electron chi connectivity index (χ0n) is 20.2. The third-order valence-electron chi connectivity index (χ3n) is 6.63. The van der Waals surface area contributed by atoms with Crippen LogP contribution in [0.4, 0.5) is 5.82 Å². The highest BCUT2D eigenvalue weighted by Crippen LogP contribution is 2.30. The minimum Gasteiger partial charge on any atom is -0.481 e. The van der Waals surface area contributed by atoms with Crippen molar-refractivity contribution in [2.24, 2.45) is 0 Å². The SMILES string of the molecule is O=C(O)CCC(c1ccc(-c2ccccc2)cc1)c1nc(CCCc2ccc3c(n2)NCCC3)no1. The van der Waals surface area contributed by atoms with Gasteiger partial charge >= 0.3 is 5.97 Å². The van der Waals surface area contributed by atoms with Crippen LogP contribution in [0, 0.1) is 0 Å². The molecule has 0 saturated heterocycles. The molecule has 2 aromatic heterocycles. The zero-order chi connectivity index (χ0) is 24.7. The normalized spacial score (nSPS) is 13.6. The summed E-state index contributed by atoms with van der Waals surface area (Å²) in [4.78, 5) is 20.7. The molecule has 0 saturated carbocycles. The number of carboxylic acids is 1. The average Bonchev–Trinajstić information content (AvgIpc) is 3.38. The van der Waals surface area contributed by atoms with Gasteiger partial charge < -0.3 is 14.9 Å². The maximum Gasteiger partial charge on any atom is 0.303 e. The lowest BCUT2D eigenvalue weighted by molar-refractivity contribution is -0.137. The molecule has 184 valence electrons. The molecule has 1 aliphatic heterocycles. The lowest BCUT2D eigenvalue weighted by Crippen LogP contribution is -2.14. The van der Waals surface area contributed by atoms with Gasteiger partial charge in [0.05, 0.1) is 5.92 Å². The second kappa shape index (κ2) is 11.2. The lowest BCUT2D eigenvalue weighted by Gasteiger charge is -2.17. The summed E-state index contributed by atoms with van der Waals surface area (Å²) in [6, 6.07) is 22.6. The van der Waals surface area contributed by atoms with Crippen LogP contribution in [0.3, 0.4) is 0 Å². The van der Waals surface area contributed by atoms with Gasteiger partial charge in [0, 0.05) is 25.1 Å². The van der Waals surface area contributed by atoms with Crippen LogP contribution in [-0.4, -0.2) is 32.7 Å².